The Kier molecular flexibility index (Phi) is 4.18. The first-order chi connectivity index (χ1) is 7.36. The molecule has 86 valence electrons. The van der Waals surface area contributed by atoms with Gasteiger partial charge in [0.25, 0.3) is 0 Å². The van der Waals surface area contributed by atoms with Gasteiger partial charge in [-0.1, -0.05) is 12.5 Å². The summed E-state index contributed by atoms with van der Waals surface area (Å²) >= 11 is 0. The second kappa shape index (κ2) is 5.64. The lowest BCUT2D eigenvalue weighted by Gasteiger charge is -2.17. The fraction of sp³-hybridized carbons (Fsp3) is 0.833. The van der Waals surface area contributed by atoms with E-state index >= 15 is 0 Å². The predicted molar refractivity (Wildman–Crippen MR) is 57.5 cm³/mol. The zero-order chi connectivity index (χ0) is 10.5. The quantitative estimate of drug-likeness (QED) is 0.727. The molecule has 1 heterocycles. The monoisotopic (exact) mass is 212 g/mol. The van der Waals surface area contributed by atoms with Crippen molar-refractivity contribution in [3.05, 3.63) is 11.6 Å². The van der Waals surface area contributed by atoms with E-state index in [1.165, 1.54) is 24.8 Å². The summed E-state index contributed by atoms with van der Waals surface area (Å²) < 4.78 is 10.7. The Morgan fingerprint density at radius 3 is 2.87 bits per heavy atom. The molecule has 0 saturated carbocycles. The standard InChI is InChI=1S/C12H20O3/c13-11(9-12-14-7-8-15-12)10-5-3-1-2-4-6-10/h5,11-13H,1-4,6-9H2. The largest absolute Gasteiger partial charge is 0.389 e. The van der Waals surface area contributed by atoms with Gasteiger partial charge in [-0.2, -0.15) is 0 Å². The van der Waals surface area contributed by atoms with Crippen LogP contribution < -0.4 is 0 Å². The lowest BCUT2D eigenvalue weighted by molar-refractivity contribution is -0.0653. The predicted octanol–water partition coefficient (Wildman–Crippen LogP) is 2.00. The van der Waals surface area contributed by atoms with Gasteiger partial charge in [-0.05, 0) is 31.3 Å². The molecule has 1 saturated heterocycles. The minimum absolute atomic E-state index is 0.191. The Morgan fingerprint density at radius 1 is 1.27 bits per heavy atom. The topological polar surface area (TPSA) is 38.7 Å². The minimum Gasteiger partial charge on any atom is -0.389 e. The van der Waals surface area contributed by atoms with E-state index in [1.807, 2.05) is 0 Å². The zero-order valence-corrected chi connectivity index (χ0v) is 9.15. The van der Waals surface area contributed by atoms with Gasteiger partial charge in [-0.3, -0.25) is 0 Å². The maximum Gasteiger partial charge on any atom is 0.160 e. The molecule has 1 aliphatic carbocycles. The molecule has 15 heavy (non-hydrogen) atoms. The van der Waals surface area contributed by atoms with Crippen molar-refractivity contribution in [2.24, 2.45) is 0 Å². The van der Waals surface area contributed by atoms with Gasteiger partial charge < -0.3 is 14.6 Å². The number of hydrogen-bond acceptors (Lipinski definition) is 3. The van der Waals surface area contributed by atoms with Crippen LogP contribution in [0.25, 0.3) is 0 Å². The Bertz CT molecular complexity index is 219. The minimum atomic E-state index is -0.369. The van der Waals surface area contributed by atoms with E-state index in [0.717, 1.165) is 12.8 Å². The smallest absolute Gasteiger partial charge is 0.160 e. The van der Waals surface area contributed by atoms with Gasteiger partial charge >= 0.3 is 0 Å². The highest BCUT2D eigenvalue weighted by atomic mass is 16.7. The molecular weight excluding hydrogens is 192 g/mol. The average Bonchev–Trinajstić information content (AvgIpc) is 2.58. The fourth-order valence-corrected chi connectivity index (χ4v) is 2.22. The molecule has 0 aromatic carbocycles. The van der Waals surface area contributed by atoms with E-state index in [2.05, 4.69) is 6.08 Å². The first-order valence-electron chi connectivity index (χ1n) is 5.96. The highest BCUT2D eigenvalue weighted by molar-refractivity contribution is 5.09. The summed E-state index contributed by atoms with van der Waals surface area (Å²) in [5.74, 6) is 0. The van der Waals surface area contributed by atoms with Crippen molar-refractivity contribution in [3.63, 3.8) is 0 Å². The number of allylic oxidation sites excluding steroid dienone is 1. The van der Waals surface area contributed by atoms with Gasteiger partial charge in [0.1, 0.15) is 0 Å². The number of aliphatic hydroxyl groups is 1. The third-order valence-corrected chi connectivity index (χ3v) is 3.11. The van der Waals surface area contributed by atoms with E-state index in [1.54, 1.807) is 0 Å². The third kappa shape index (κ3) is 3.30. The molecule has 0 spiro atoms. The summed E-state index contributed by atoms with van der Waals surface area (Å²) in [4.78, 5) is 0. The van der Waals surface area contributed by atoms with Crippen LogP contribution >= 0.6 is 0 Å². The molecule has 0 aromatic heterocycles. The van der Waals surface area contributed by atoms with Crippen molar-refractivity contribution < 1.29 is 14.6 Å². The number of hydrogen-bond donors (Lipinski definition) is 1. The van der Waals surface area contributed by atoms with Crippen LogP contribution in [-0.2, 0) is 9.47 Å². The van der Waals surface area contributed by atoms with E-state index in [-0.39, 0.29) is 12.4 Å². The van der Waals surface area contributed by atoms with E-state index in [4.69, 9.17) is 9.47 Å². The van der Waals surface area contributed by atoms with Crippen molar-refractivity contribution in [2.45, 2.75) is 50.9 Å². The molecule has 1 unspecified atom stereocenters. The molecule has 2 aliphatic rings. The van der Waals surface area contributed by atoms with Gasteiger partial charge in [0.05, 0.1) is 19.3 Å². The molecule has 3 nitrogen and oxygen atoms in total. The van der Waals surface area contributed by atoms with Crippen LogP contribution in [0, 0.1) is 0 Å². The molecule has 3 heteroatoms. The number of ether oxygens (including phenoxy) is 2. The van der Waals surface area contributed by atoms with Crippen molar-refractivity contribution in [2.75, 3.05) is 13.2 Å². The maximum atomic E-state index is 10.0. The summed E-state index contributed by atoms with van der Waals surface area (Å²) in [6, 6.07) is 0. The molecule has 1 fully saturated rings. The third-order valence-electron chi connectivity index (χ3n) is 3.11. The molecule has 2 rings (SSSR count). The molecule has 0 amide bonds. The average molecular weight is 212 g/mol. The lowest BCUT2D eigenvalue weighted by Crippen LogP contribution is -2.20. The molecule has 1 N–H and O–H groups in total. The van der Waals surface area contributed by atoms with Crippen molar-refractivity contribution in [3.8, 4) is 0 Å². The lowest BCUT2D eigenvalue weighted by atomic mass is 10.0. The van der Waals surface area contributed by atoms with Gasteiger partial charge in [0.2, 0.25) is 0 Å². The van der Waals surface area contributed by atoms with E-state index < -0.39 is 0 Å². The highest BCUT2D eigenvalue weighted by Gasteiger charge is 2.22. The molecular formula is C12H20O3. The van der Waals surface area contributed by atoms with Crippen LogP contribution in [0.15, 0.2) is 11.6 Å². The Balaban J connectivity index is 1.82. The summed E-state index contributed by atoms with van der Waals surface area (Å²) in [7, 11) is 0. The molecule has 0 bridgehead atoms. The van der Waals surface area contributed by atoms with Gasteiger partial charge in [0.15, 0.2) is 6.29 Å². The van der Waals surface area contributed by atoms with Crippen LogP contribution in [0.1, 0.15) is 38.5 Å². The highest BCUT2D eigenvalue weighted by Crippen LogP contribution is 2.23. The van der Waals surface area contributed by atoms with Crippen LogP contribution in [0.3, 0.4) is 0 Å². The second-order valence-electron chi connectivity index (χ2n) is 4.30. The molecule has 0 radical (unpaired) electrons. The number of rotatable bonds is 3. The summed E-state index contributed by atoms with van der Waals surface area (Å²) in [5.41, 5.74) is 1.19. The zero-order valence-electron chi connectivity index (χ0n) is 9.15. The molecule has 1 aliphatic heterocycles. The normalized spacial score (nSPS) is 26.1. The van der Waals surface area contributed by atoms with E-state index in [0.29, 0.717) is 19.6 Å². The summed E-state index contributed by atoms with van der Waals surface area (Å²) in [6.07, 6.45) is 8.12. The van der Waals surface area contributed by atoms with E-state index in [9.17, 15) is 5.11 Å². The summed E-state index contributed by atoms with van der Waals surface area (Å²) in [6.45, 7) is 1.33. The van der Waals surface area contributed by atoms with Crippen molar-refractivity contribution in [1.82, 2.24) is 0 Å². The van der Waals surface area contributed by atoms with Crippen LogP contribution in [0.4, 0.5) is 0 Å². The van der Waals surface area contributed by atoms with Gasteiger partial charge in [-0.15, -0.1) is 0 Å². The first-order valence-corrected chi connectivity index (χ1v) is 5.96. The SMILES string of the molecule is OC(CC1OCCO1)C1=CCCCCC1. The Labute approximate surface area is 91.1 Å². The Hall–Kier alpha value is -0.380. The number of aliphatic hydroxyl groups excluding tert-OH is 1. The first kappa shape index (κ1) is 11.1. The maximum absolute atomic E-state index is 10.0. The summed E-state index contributed by atoms with van der Waals surface area (Å²) in [5, 5.41) is 10.0. The van der Waals surface area contributed by atoms with Crippen molar-refractivity contribution >= 4 is 0 Å². The molecule has 1 atom stereocenters. The van der Waals surface area contributed by atoms with Crippen LogP contribution in [0.2, 0.25) is 0 Å². The van der Waals surface area contributed by atoms with Gasteiger partial charge in [0, 0.05) is 6.42 Å². The molecule has 0 aromatic rings. The van der Waals surface area contributed by atoms with Crippen molar-refractivity contribution in [1.29, 1.82) is 0 Å². The van der Waals surface area contributed by atoms with Gasteiger partial charge in [-0.25, -0.2) is 0 Å². The fourth-order valence-electron chi connectivity index (χ4n) is 2.22. The Morgan fingerprint density at radius 2 is 2.07 bits per heavy atom. The van der Waals surface area contributed by atoms with Crippen LogP contribution in [-0.4, -0.2) is 30.7 Å². The second-order valence-corrected chi connectivity index (χ2v) is 4.30. The van der Waals surface area contributed by atoms with Crippen LogP contribution in [0.5, 0.6) is 0 Å².